The van der Waals surface area contributed by atoms with Crippen molar-refractivity contribution in [2.24, 2.45) is 0 Å². The summed E-state index contributed by atoms with van der Waals surface area (Å²) in [5, 5.41) is 3.02. The second-order valence-corrected chi connectivity index (χ2v) is 8.39. The van der Waals surface area contributed by atoms with E-state index in [2.05, 4.69) is 10.2 Å². The Morgan fingerprint density at radius 2 is 1.86 bits per heavy atom. The Morgan fingerprint density at radius 1 is 1.07 bits per heavy atom. The molecule has 2 aliphatic rings. The smallest absolute Gasteiger partial charge is 0.259 e. The molecule has 5 nitrogen and oxygen atoms in total. The molecule has 0 unspecified atom stereocenters. The second kappa shape index (κ2) is 8.37. The number of amides is 2. The van der Waals surface area contributed by atoms with Gasteiger partial charge in [-0.3, -0.25) is 9.59 Å². The molecule has 0 spiro atoms. The summed E-state index contributed by atoms with van der Waals surface area (Å²) in [4.78, 5) is 31.4. The van der Waals surface area contributed by atoms with Crippen LogP contribution in [0, 0.1) is 0 Å². The lowest BCUT2D eigenvalue weighted by Crippen LogP contribution is -2.37. The number of piperidine rings is 1. The zero-order valence-corrected chi connectivity index (χ0v) is 16.9. The molecule has 2 aromatic carbocycles. The summed E-state index contributed by atoms with van der Waals surface area (Å²) >= 11 is 1.57. The Balaban J connectivity index is 1.47. The van der Waals surface area contributed by atoms with Crippen LogP contribution in [-0.4, -0.2) is 49.9 Å². The maximum Gasteiger partial charge on any atom is 0.259 e. The highest BCUT2D eigenvalue weighted by Gasteiger charge is 2.25. The van der Waals surface area contributed by atoms with Crippen molar-refractivity contribution in [2.45, 2.75) is 29.1 Å². The van der Waals surface area contributed by atoms with Crippen LogP contribution in [0.2, 0.25) is 0 Å². The van der Waals surface area contributed by atoms with E-state index in [1.165, 1.54) is 19.3 Å². The first kappa shape index (κ1) is 19.0. The molecule has 28 heavy (non-hydrogen) atoms. The van der Waals surface area contributed by atoms with E-state index in [9.17, 15) is 9.59 Å². The monoisotopic (exact) mass is 395 g/mol. The fraction of sp³-hybridized carbons (Fsp3) is 0.364. The summed E-state index contributed by atoms with van der Waals surface area (Å²) in [5.41, 5.74) is 2.05. The van der Waals surface area contributed by atoms with Crippen molar-refractivity contribution in [1.29, 1.82) is 0 Å². The molecule has 0 bridgehead atoms. The molecule has 146 valence electrons. The Morgan fingerprint density at radius 3 is 2.68 bits per heavy atom. The lowest BCUT2D eigenvalue weighted by molar-refractivity contribution is 0.0944. The summed E-state index contributed by atoms with van der Waals surface area (Å²) in [5.74, 6) is -0.142. The molecule has 2 aliphatic heterocycles. The Bertz CT molecular complexity index is 893. The van der Waals surface area contributed by atoms with Crippen molar-refractivity contribution in [1.82, 2.24) is 10.2 Å². The zero-order valence-electron chi connectivity index (χ0n) is 16.1. The Hall–Kier alpha value is -2.31. The number of nitrogens with one attached hydrogen (secondary N) is 1. The molecule has 4 rings (SSSR count). The molecular formula is C22H25N3O2S. The maximum atomic E-state index is 12.8. The topological polar surface area (TPSA) is 52.7 Å². The van der Waals surface area contributed by atoms with Crippen LogP contribution in [0.4, 0.5) is 5.69 Å². The van der Waals surface area contributed by atoms with E-state index in [1.807, 2.05) is 42.5 Å². The third kappa shape index (κ3) is 3.93. The third-order valence-electron chi connectivity index (χ3n) is 5.39. The molecule has 1 N–H and O–H groups in total. The largest absolute Gasteiger partial charge is 0.351 e. The highest BCUT2D eigenvalue weighted by molar-refractivity contribution is 7.99. The number of hydrogen-bond acceptors (Lipinski definition) is 4. The Labute approximate surface area is 170 Å². The lowest BCUT2D eigenvalue weighted by Gasteiger charge is -2.26. The van der Waals surface area contributed by atoms with Gasteiger partial charge in [0.05, 0.1) is 11.3 Å². The predicted octanol–water partition coefficient (Wildman–Crippen LogP) is 3.64. The minimum absolute atomic E-state index is 0.0514. The van der Waals surface area contributed by atoms with E-state index >= 15 is 0 Å². The van der Waals surface area contributed by atoms with Crippen LogP contribution >= 0.6 is 11.8 Å². The number of rotatable bonds is 4. The maximum absolute atomic E-state index is 12.8. The van der Waals surface area contributed by atoms with Gasteiger partial charge in [0.2, 0.25) is 0 Å². The van der Waals surface area contributed by atoms with Crippen LogP contribution in [-0.2, 0) is 0 Å². The Kier molecular flexibility index (Phi) is 5.69. The molecule has 0 atom stereocenters. The van der Waals surface area contributed by atoms with Gasteiger partial charge in [0.25, 0.3) is 11.8 Å². The van der Waals surface area contributed by atoms with E-state index in [4.69, 9.17) is 0 Å². The lowest BCUT2D eigenvalue weighted by atomic mass is 10.1. The van der Waals surface area contributed by atoms with Gasteiger partial charge < -0.3 is 15.1 Å². The number of likely N-dealkylation sites (tertiary alicyclic amines) is 1. The number of carbonyl (C=O) groups is 2. The molecule has 0 saturated carbocycles. The number of benzene rings is 2. The number of anilines is 1. The van der Waals surface area contributed by atoms with E-state index in [0.717, 1.165) is 35.1 Å². The van der Waals surface area contributed by atoms with E-state index in [0.29, 0.717) is 17.7 Å². The fourth-order valence-electron chi connectivity index (χ4n) is 3.76. The molecule has 0 aromatic heterocycles. The van der Waals surface area contributed by atoms with Crippen LogP contribution in [0.15, 0.2) is 52.3 Å². The molecule has 2 amide bonds. The first-order chi connectivity index (χ1) is 13.6. The van der Waals surface area contributed by atoms with Gasteiger partial charge >= 0.3 is 0 Å². The van der Waals surface area contributed by atoms with Crippen LogP contribution in [0.1, 0.15) is 40.0 Å². The van der Waals surface area contributed by atoms with Gasteiger partial charge in [0, 0.05) is 35.5 Å². The first-order valence-corrected chi connectivity index (χ1v) is 10.6. The molecule has 1 saturated heterocycles. The molecule has 0 aliphatic carbocycles. The number of carbonyl (C=O) groups excluding carboxylic acids is 2. The quantitative estimate of drug-likeness (QED) is 0.859. The van der Waals surface area contributed by atoms with Gasteiger partial charge in [-0.25, -0.2) is 0 Å². The van der Waals surface area contributed by atoms with Gasteiger partial charge in [-0.15, -0.1) is 0 Å². The molecule has 0 radical (unpaired) electrons. The van der Waals surface area contributed by atoms with Crippen molar-refractivity contribution >= 4 is 29.3 Å². The van der Waals surface area contributed by atoms with E-state index in [1.54, 1.807) is 23.7 Å². The van der Waals surface area contributed by atoms with Gasteiger partial charge in [-0.05, 0) is 56.3 Å². The summed E-state index contributed by atoms with van der Waals surface area (Å²) in [7, 11) is 1.77. The van der Waals surface area contributed by atoms with Crippen molar-refractivity contribution in [3.63, 3.8) is 0 Å². The minimum Gasteiger partial charge on any atom is -0.351 e. The molecule has 2 heterocycles. The summed E-state index contributed by atoms with van der Waals surface area (Å²) < 4.78 is 0. The minimum atomic E-state index is -0.0904. The van der Waals surface area contributed by atoms with Crippen LogP contribution < -0.4 is 10.2 Å². The molecular weight excluding hydrogens is 370 g/mol. The van der Waals surface area contributed by atoms with Crippen molar-refractivity contribution in [3.8, 4) is 0 Å². The van der Waals surface area contributed by atoms with Crippen molar-refractivity contribution in [2.75, 3.05) is 38.1 Å². The van der Waals surface area contributed by atoms with Gasteiger partial charge in [-0.1, -0.05) is 30.3 Å². The molecule has 1 fully saturated rings. The first-order valence-electron chi connectivity index (χ1n) is 9.83. The number of hydrogen-bond donors (Lipinski definition) is 1. The van der Waals surface area contributed by atoms with Crippen LogP contribution in [0.3, 0.4) is 0 Å². The summed E-state index contributed by atoms with van der Waals surface area (Å²) in [6.45, 7) is 3.78. The number of nitrogens with zero attached hydrogens (tertiary/aromatic N) is 2. The van der Waals surface area contributed by atoms with Gasteiger partial charge in [0.1, 0.15) is 0 Å². The van der Waals surface area contributed by atoms with Gasteiger partial charge in [0.15, 0.2) is 0 Å². The van der Waals surface area contributed by atoms with E-state index < -0.39 is 0 Å². The molecule has 6 heteroatoms. The van der Waals surface area contributed by atoms with Crippen LogP contribution in [0.5, 0.6) is 0 Å². The summed E-state index contributed by atoms with van der Waals surface area (Å²) in [6, 6.07) is 13.2. The fourth-order valence-corrected chi connectivity index (χ4v) is 4.85. The summed E-state index contributed by atoms with van der Waals surface area (Å²) in [6.07, 6.45) is 3.81. The van der Waals surface area contributed by atoms with Crippen molar-refractivity contribution in [3.05, 3.63) is 53.6 Å². The SMILES string of the molecule is CN1C(=O)c2ccccc2Sc2ccc(C(=O)NCCN3CCCCC3)cc21. The van der Waals surface area contributed by atoms with Crippen LogP contribution in [0.25, 0.3) is 0 Å². The number of fused-ring (bicyclic) bond motifs is 2. The average Bonchev–Trinajstić information content (AvgIpc) is 2.83. The van der Waals surface area contributed by atoms with E-state index in [-0.39, 0.29) is 11.8 Å². The molecule has 2 aromatic rings. The average molecular weight is 396 g/mol. The highest BCUT2D eigenvalue weighted by atomic mass is 32.2. The second-order valence-electron chi connectivity index (χ2n) is 7.30. The normalized spacial score (nSPS) is 16.9. The highest BCUT2D eigenvalue weighted by Crippen LogP contribution is 2.41. The van der Waals surface area contributed by atoms with Crippen molar-refractivity contribution < 1.29 is 9.59 Å². The zero-order chi connectivity index (χ0) is 19.5. The third-order valence-corrected chi connectivity index (χ3v) is 6.53. The predicted molar refractivity (Wildman–Crippen MR) is 112 cm³/mol. The standard InChI is InChI=1S/C22H25N3O2S/c1-24-18-15-16(21(26)23-11-14-25-12-5-2-6-13-25)9-10-20(18)28-19-8-4-3-7-17(19)22(24)27/h3-4,7-10,15H,2,5-6,11-14H2,1H3,(H,23,26). The van der Waals surface area contributed by atoms with Gasteiger partial charge in [-0.2, -0.15) is 0 Å².